The Morgan fingerprint density at radius 3 is 2.40 bits per heavy atom. The molecule has 1 amide bonds. The summed E-state index contributed by atoms with van der Waals surface area (Å²) in [6, 6.07) is 12.8. The van der Waals surface area contributed by atoms with Gasteiger partial charge in [-0.15, -0.1) is 0 Å². The van der Waals surface area contributed by atoms with Gasteiger partial charge in [-0.25, -0.2) is 0 Å². The zero-order chi connectivity index (χ0) is 18.7. The number of primary amides is 1. The fourth-order valence-corrected chi connectivity index (χ4v) is 3.40. The molecule has 0 aliphatic rings. The van der Waals surface area contributed by atoms with Crippen molar-refractivity contribution in [3.63, 3.8) is 0 Å². The molecule has 0 aliphatic carbocycles. The van der Waals surface area contributed by atoms with Crippen LogP contribution in [0.5, 0.6) is 5.75 Å². The minimum Gasteiger partial charge on any atom is -0.379 e. The van der Waals surface area contributed by atoms with E-state index in [0.29, 0.717) is 11.0 Å². The zero-order valence-electron chi connectivity index (χ0n) is 13.8. The van der Waals surface area contributed by atoms with Crippen LogP contribution in [-0.2, 0) is 21.5 Å². The van der Waals surface area contributed by atoms with Gasteiger partial charge in [0.2, 0.25) is 5.91 Å². The van der Waals surface area contributed by atoms with Gasteiger partial charge in [-0.1, -0.05) is 34.1 Å². The minimum absolute atomic E-state index is 0.0656. The summed E-state index contributed by atoms with van der Waals surface area (Å²) in [5, 5.41) is 3.04. The normalized spacial score (nSPS) is 12.0. The van der Waals surface area contributed by atoms with E-state index >= 15 is 0 Å². The van der Waals surface area contributed by atoms with Crippen LogP contribution in [0.2, 0.25) is 0 Å². The molecule has 0 aliphatic heterocycles. The van der Waals surface area contributed by atoms with Crippen molar-refractivity contribution in [1.29, 1.82) is 0 Å². The molecule has 0 atom stereocenters. The van der Waals surface area contributed by atoms with Gasteiger partial charge in [0.1, 0.15) is 10.6 Å². The van der Waals surface area contributed by atoms with Crippen LogP contribution < -0.4 is 15.2 Å². The van der Waals surface area contributed by atoms with Crippen LogP contribution >= 0.6 is 15.9 Å². The number of nitrogens with one attached hydrogen (secondary N) is 1. The third-order valence-corrected chi connectivity index (χ3v) is 5.30. The second-order valence-corrected chi connectivity index (χ2v) is 8.44. The number of carbonyl (C=O) groups excluding carboxylic acids is 1. The minimum atomic E-state index is -3.90. The molecule has 8 heteroatoms. The zero-order valence-corrected chi connectivity index (χ0v) is 16.2. The molecule has 0 saturated heterocycles. The van der Waals surface area contributed by atoms with Crippen molar-refractivity contribution < 1.29 is 17.4 Å². The summed E-state index contributed by atoms with van der Waals surface area (Å²) in [4.78, 5) is 11.3. The Hall–Kier alpha value is -1.90. The van der Waals surface area contributed by atoms with Gasteiger partial charge in [-0.05, 0) is 49.7 Å². The van der Waals surface area contributed by atoms with Gasteiger partial charge < -0.3 is 9.92 Å². The van der Waals surface area contributed by atoms with Crippen LogP contribution in [0.25, 0.3) is 0 Å². The van der Waals surface area contributed by atoms with E-state index in [-0.39, 0.29) is 10.6 Å². The summed E-state index contributed by atoms with van der Waals surface area (Å²) in [7, 11) is -3.90. The molecule has 0 bridgehead atoms. The maximum absolute atomic E-state index is 12.3. The third-order valence-electron chi connectivity index (χ3n) is 3.56. The largest absolute Gasteiger partial charge is 0.379 e. The van der Waals surface area contributed by atoms with E-state index in [1.54, 1.807) is 50.2 Å². The monoisotopic (exact) mass is 426 g/mol. The Balaban J connectivity index is 2.06. The highest BCUT2D eigenvalue weighted by Crippen LogP contribution is 2.21. The first-order valence-corrected chi connectivity index (χ1v) is 9.64. The fraction of sp³-hybridized carbons (Fsp3) is 0.235. The van der Waals surface area contributed by atoms with Gasteiger partial charge in [0.15, 0.2) is 0 Å². The number of hydrogen-bond acceptors (Lipinski definition) is 5. The van der Waals surface area contributed by atoms with E-state index < -0.39 is 21.6 Å². The van der Waals surface area contributed by atoms with E-state index in [0.717, 1.165) is 5.56 Å². The lowest BCUT2D eigenvalue weighted by Crippen LogP contribution is -2.50. The number of amides is 1. The molecule has 25 heavy (non-hydrogen) atoms. The van der Waals surface area contributed by atoms with E-state index in [4.69, 9.17) is 9.92 Å². The number of nitrogens with two attached hydrogens (primary N) is 1. The van der Waals surface area contributed by atoms with Crippen molar-refractivity contribution in [2.75, 3.05) is 0 Å². The first kappa shape index (κ1) is 19.4. The number of benzene rings is 2. The molecule has 0 heterocycles. The Morgan fingerprint density at radius 1 is 1.20 bits per heavy atom. The van der Waals surface area contributed by atoms with Gasteiger partial charge in [-0.2, -0.15) is 8.42 Å². The molecule has 0 unspecified atom stereocenters. The SMILES string of the molecule is CC(C)(NCc1ccc(OS(=O)(=O)c2cccc(Br)c2)cc1)C(N)=O. The van der Waals surface area contributed by atoms with Crippen LogP contribution in [0.1, 0.15) is 19.4 Å². The van der Waals surface area contributed by atoms with Crippen LogP contribution in [0.15, 0.2) is 57.9 Å². The maximum atomic E-state index is 12.3. The van der Waals surface area contributed by atoms with E-state index in [1.165, 1.54) is 12.1 Å². The molecule has 6 nitrogen and oxygen atoms in total. The molecule has 0 radical (unpaired) electrons. The summed E-state index contributed by atoms with van der Waals surface area (Å²) in [5.41, 5.74) is 5.33. The summed E-state index contributed by atoms with van der Waals surface area (Å²) >= 11 is 3.23. The molecule has 0 spiro atoms. The number of carbonyl (C=O) groups is 1. The second kappa shape index (κ2) is 7.55. The number of hydrogen-bond donors (Lipinski definition) is 2. The number of halogens is 1. The summed E-state index contributed by atoms with van der Waals surface area (Å²) in [6.07, 6.45) is 0. The Bertz CT molecular complexity index is 864. The molecule has 2 rings (SSSR count). The molecule has 2 aromatic carbocycles. The van der Waals surface area contributed by atoms with Gasteiger partial charge in [0.05, 0.1) is 5.54 Å². The standard InChI is InChI=1S/C17H19BrN2O4S/c1-17(2,16(19)21)20-11-12-6-8-14(9-7-12)24-25(22,23)15-5-3-4-13(18)10-15/h3-10,20H,11H2,1-2H3,(H2,19,21). The number of rotatable bonds is 7. The predicted molar refractivity (Wildman–Crippen MR) is 98.5 cm³/mol. The van der Waals surface area contributed by atoms with Crippen molar-refractivity contribution >= 4 is 32.0 Å². The van der Waals surface area contributed by atoms with Gasteiger partial charge in [0, 0.05) is 11.0 Å². The predicted octanol–water partition coefficient (Wildman–Crippen LogP) is 2.57. The highest BCUT2D eigenvalue weighted by Gasteiger charge is 2.23. The van der Waals surface area contributed by atoms with E-state index in [2.05, 4.69) is 21.2 Å². The van der Waals surface area contributed by atoms with E-state index in [1.807, 2.05) is 0 Å². The average molecular weight is 427 g/mol. The lowest BCUT2D eigenvalue weighted by atomic mass is 10.0. The molecule has 2 aromatic rings. The van der Waals surface area contributed by atoms with Gasteiger partial charge in [0.25, 0.3) is 0 Å². The highest BCUT2D eigenvalue weighted by molar-refractivity contribution is 9.10. The van der Waals surface area contributed by atoms with Gasteiger partial charge >= 0.3 is 10.1 Å². The van der Waals surface area contributed by atoms with Crippen molar-refractivity contribution in [3.8, 4) is 5.75 Å². The van der Waals surface area contributed by atoms with Crippen LogP contribution in [0.4, 0.5) is 0 Å². The second-order valence-electron chi connectivity index (χ2n) is 5.98. The van der Waals surface area contributed by atoms with Crippen molar-refractivity contribution in [1.82, 2.24) is 5.32 Å². The lowest BCUT2D eigenvalue weighted by Gasteiger charge is -2.22. The fourth-order valence-electron chi connectivity index (χ4n) is 1.87. The van der Waals surface area contributed by atoms with Crippen molar-refractivity contribution in [3.05, 3.63) is 58.6 Å². The van der Waals surface area contributed by atoms with Crippen molar-refractivity contribution in [2.45, 2.75) is 30.8 Å². The maximum Gasteiger partial charge on any atom is 0.339 e. The topological polar surface area (TPSA) is 98.5 Å². The molecule has 134 valence electrons. The molecule has 0 saturated carbocycles. The first-order chi connectivity index (χ1) is 11.6. The molecule has 0 aromatic heterocycles. The third kappa shape index (κ3) is 5.29. The smallest absolute Gasteiger partial charge is 0.339 e. The van der Waals surface area contributed by atoms with Crippen LogP contribution in [0.3, 0.4) is 0 Å². The summed E-state index contributed by atoms with van der Waals surface area (Å²) < 4.78 is 30.3. The van der Waals surface area contributed by atoms with E-state index in [9.17, 15) is 13.2 Å². The Kier molecular flexibility index (Phi) is 5.87. The summed E-state index contributed by atoms with van der Waals surface area (Å²) in [6.45, 7) is 3.79. The molecule has 3 N–H and O–H groups in total. The Labute approximate surface area is 155 Å². The molecule has 0 fully saturated rings. The first-order valence-electron chi connectivity index (χ1n) is 7.44. The van der Waals surface area contributed by atoms with Crippen LogP contribution in [0, 0.1) is 0 Å². The van der Waals surface area contributed by atoms with Gasteiger partial charge in [-0.3, -0.25) is 10.1 Å². The molecular formula is C17H19BrN2O4S. The molecular weight excluding hydrogens is 408 g/mol. The quantitative estimate of drug-likeness (QED) is 0.662. The Morgan fingerprint density at radius 2 is 1.84 bits per heavy atom. The average Bonchev–Trinajstić information content (AvgIpc) is 2.54. The summed E-state index contributed by atoms with van der Waals surface area (Å²) in [5.74, 6) is -0.245. The van der Waals surface area contributed by atoms with Crippen molar-refractivity contribution in [2.24, 2.45) is 5.73 Å². The van der Waals surface area contributed by atoms with Crippen LogP contribution in [-0.4, -0.2) is 19.9 Å². The highest BCUT2D eigenvalue weighted by atomic mass is 79.9. The lowest BCUT2D eigenvalue weighted by molar-refractivity contribution is -0.123.